The zero-order valence-electron chi connectivity index (χ0n) is 11.4. The van der Waals surface area contributed by atoms with E-state index in [2.05, 4.69) is 17.2 Å². The first kappa shape index (κ1) is 15.7. The molecule has 0 spiro atoms. The van der Waals surface area contributed by atoms with Gasteiger partial charge in [-0.25, -0.2) is 0 Å². The molecule has 0 atom stereocenters. The summed E-state index contributed by atoms with van der Waals surface area (Å²) in [5, 5.41) is 13.5. The van der Waals surface area contributed by atoms with Gasteiger partial charge in [0.15, 0.2) is 0 Å². The molecule has 4 nitrogen and oxygen atoms in total. The quantitative estimate of drug-likeness (QED) is 0.766. The molecule has 19 heavy (non-hydrogen) atoms. The van der Waals surface area contributed by atoms with E-state index >= 15 is 0 Å². The van der Waals surface area contributed by atoms with Crippen molar-refractivity contribution in [3.05, 3.63) is 21.9 Å². The molecule has 1 heterocycles. The van der Waals surface area contributed by atoms with E-state index in [1.165, 1.54) is 0 Å². The van der Waals surface area contributed by atoms with Crippen LogP contribution in [0.3, 0.4) is 0 Å². The van der Waals surface area contributed by atoms with Crippen LogP contribution < -0.4 is 5.32 Å². The molecular weight excluding hydrogens is 260 g/mol. The van der Waals surface area contributed by atoms with Gasteiger partial charge in [0.05, 0.1) is 6.54 Å². The molecule has 104 valence electrons. The third kappa shape index (κ3) is 5.88. The highest BCUT2D eigenvalue weighted by atomic mass is 32.1. The first-order valence-corrected chi connectivity index (χ1v) is 7.16. The second-order valence-corrected chi connectivity index (χ2v) is 5.24. The molecule has 0 radical (unpaired) electrons. The van der Waals surface area contributed by atoms with E-state index in [-0.39, 0.29) is 12.5 Å². The summed E-state index contributed by atoms with van der Waals surface area (Å²) >= 11 is 1.62. The van der Waals surface area contributed by atoms with Crippen LogP contribution in [-0.4, -0.2) is 42.7 Å². The van der Waals surface area contributed by atoms with Crippen LogP contribution in [-0.2, 0) is 11.3 Å². The molecule has 0 bridgehead atoms. The van der Waals surface area contributed by atoms with Crippen LogP contribution in [0.2, 0.25) is 0 Å². The number of likely N-dealkylation sites (N-methyl/N-ethyl adjacent to an activating group) is 1. The monoisotopic (exact) mass is 280 g/mol. The Hall–Kier alpha value is -1.35. The van der Waals surface area contributed by atoms with Gasteiger partial charge in [-0.05, 0) is 24.9 Å². The van der Waals surface area contributed by atoms with Gasteiger partial charge in [-0.2, -0.15) is 0 Å². The number of aliphatic hydroxyl groups is 1. The van der Waals surface area contributed by atoms with Crippen LogP contribution in [0, 0.1) is 11.8 Å². The van der Waals surface area contributed by atoms with Crippen molar-refractivity contribution in [2.75, 3.05) is 26.7 Å². The molecule has 1 aromatic rings. The largest absolute Gasteiger partial charge is 0.384 e. The van der Waals surface area contributed by atoms with Crippen molar-refractivity contribution in [3.63, 3.8) is 0 Å². The number of rotatable bonds is 6. The summed E-state index contributed by atoms with van der Waals surface area (Å²) in [6.07, 6.45) is 0.946. The van der Waals surface area contributed by atoms with Gasteiger partial charge in [0.2, 0.25) is 5.91 Å². The number of thiophene rings is 1. The topological polar surface area (TPSA) is 52.6 Å². The molecule has 0 aliphatic heterocycles. The summed E-state index contributed by atoms with van der Waals surface area (Å²) in [5.74, 6) is 5.61. The number of nitrogens with zero attached hydrogens (tertiary/aromatic N) is 1. The fourth-order valence-electron chi connectivity index (χ4n) is 1.58. The van der Waals surface area contributed by atoms with Gasteiger partial charge in [0.1, 0.15) is 6.61 Å². The molecule has 2 N–H and O–H groups in total. The Balaban J connectivity index is 2.50. The molecular formula is C14H20N2O2S. The fourth-order valence-corrected chi connectivity index (χ4v) is 2.49. The summed E-state index contributed by atoms with van der Waals surface area (Å²) in [6, 6.07) is 1.94. The van der Waals surface area contributed by atoms with E-state index in [1.54, 1.807) is 11.3 Å². The number of hydrogen-bond donors (Lipinski definition) is 2. The van der Waals surface area contributed by atoms with Crippen molar-refractivity contribution in [2.45, 2.75) is 19.9 Å². The van der Waals surface area contributed by atoms with E-state index in [4.69, 9.17) is 5.11 Å². The smallest absolute Gasteiger partial charge is 0.234 e. The molecule has 0 aliphatic rings. The summed E-state index contributed by atoms with van der Waals surface area (Å²) < 4.78 is 0. The number of hydrogen-bond acceptors (Lipinski definition) is 4. The summed E-state index contributed by atoms with van der Waals surface area (Å²) in [4.78, 5) is 14.7. The van der Waals surface area contributed by atoms with Crippen LogP contribution in [0.4, 0.5) is 0 Å². The maximum atomic E-state index is 11.6. The van der Waals surface area contributed by atoms with Gasteiger partial charge in [0.25, 0.3) is 0 Å². The van der Waals surface area contributed by atoms with Crippen molar-refractivity contribution >= 4 is 17.2 Å². The lowest BCUT2D eigenvalue weighted by Gasteiger charge is -2.15. The zero-order valence-corrected chi connectivity index (χ0v) is 12.2. The van der Waals surface area contributed by atoms with Gasteiger partial charge < -0.3 is 10.4 Å². The van der Waals surface area contributed by atoms with Crippen molar-refractivity contribution in [1.29, 1.82) is 0 Å². The first-order chi connectivity index (χ1) is 9.17. The van der Waals surface area contributed by atoms with Crippen LogP contribution in [0.5, 0.6) is 0 Å². The number of nitrogens with one attached hydrogen (secondary N) is 1. The number of carbonyl (C=O) groups is 1. The Kier molecular flexibility index (Phi) is 7.19. The van der Waals surface area contributed by atoms with Crippen LogP contribution >= 0.6 is 11.3 Å². The Morgan fingerprint density at radius 3 is 3.05 bits per heavy atom. The average molecular weight is 280 g/mol. The maximum absolute atomic E-state index is 11.6. The van der Waals surface area contributed by atoms with Gasteiger partial charge in [0, 0.05) is 23.5 Å². The Morgan fingerprint density at radius 1 is 1.58 bits per heavy atom. The summed E-state index contributed by atoms with van der Waals surface area (Å²) in [7, 11) is 1.91. The van der Waals surface area contributed by atoms with E-state index < -0.39 is 0 Å². The highest BCUT2D eigenvalue weighted by Crippen LogP contribution is 2.17. The second kappa shape index (κ2) is 8.70. The number of aliphatic hydroxyl groups excluding tert-OH is 1. The van der Waals surface area contributed by atoms with Crippen molar-refractivity contribution in [3.8, 4) is 11.8 Å². The normalized spacial score (nSPS) is 10.1. The number of carbonyl (C=O) groups excluding carboxylic acids is 1. The van der Waals surface area contributed by atoms with Gasteiger partial charge in [-0.3, -0.25) is 9.69 Å². The maximum Gasteiger partial charge on any atom is 0.234 e. The third-order valence-corrected chi connectivity index (χ3v) is 3.35. The molecule has 1 aromatic heterocycles. The lowest BCUT2D eigenvalue weighted by atomic mass is 10.2. The van der Waals surface area contributed by atoms with E-state index in [9.17, 15) is 4.79 Å². The van der Waals surface area contributed by atoms with Crippen molar-refractivity contribution < 1.29 is 9.90 Å². The van der Waals surface area contributed by atoms with Crippen LogP contribution in [0.15, 0.2) is 11.4 Å². The Morgan fingerprint density at radius 2 is 2.37 bits per heavy atom. The molecule has 0 fully saturated rings. The van der Waals surface area contributed by atoms with E-state index in [0.717, 1.165) is 23.4 Å². The van der Waals surface area contributed by atoms with Crippen molar-refractivity contribution in [2.24, 2.45) is 0 Å². The van der Waals surface area contributed by atoms with Crippen LogP contribution in [0.25, 0.3) is 0 Å². The molecule has 0 saturated carbocycles. The summed E-state index contributed by atoms with van der Waals surface area (Å²) in [6.45, 7) is 3.68. The predicted octanol–water partition coefficient (Wildman–Crippen LogP) is 1.05. The minimum Gasteiger partial charge on any atom is -0.384 e. The van der Waals surface area contributed by atoms with Gasteiger partial charge in [-0.15, -0.1) is 11.3 Å². The highest BCUT2D eigenvalue weighted by Gasteiger charge is 2.09. The third-order valence-electron chi connectivity index (χ3n) is 2.45. The lowest BCUT2D eigenvalue weighted by Crippen LogP contribution is -2.35. The van der Waals surface area contributed by atoms with Crippen LogP contribution in [0.1, 0.15) is 23.8 Å². The van der Waals surface area contributed by atoms with Crippen molar-refractivity contribution in [1.82, 2.24) is 10.2 Å². The molecule has 0 aromatic carbocycles. The fraction of sp³-hybridized carbons (Fsp3) is 0.500. The van der Waals surface area contributed by atoms with E-state index in [0.29, 0.717) is 13.1 Å². The first-order valence-electron chi connectivity index (χ1n) is 6.28. The number of amides is 1. The minimum atomic E-state index is -0.134. The molecule has 0 saturated heterocycles. The highest BCUT2D eigenvalue weighted by molar-refractivity contribution is 7.10. The SMILES string of the molecule is CCCNC(=O)CN(C)Cc1sccc1C#CCO. The Bertz CT molecular complexity index is 460. The standard InChI is InChI=1S/C14H20N2O2S/c1-3-7-15-14(18)11-16(2)10-13-12(5-4-8-17)6-9-19-13/h6,9,17H,3,7-8,10-11H2,1-2H3,(H,15,18). The molecule has 5 heteroatoms. The predicted molar refractivity (Wildman–Crippen MR) is 77.9 cm³/mol. The van der Waals surface area contributed by atoms with E-state index in [1.807, 2.05) is 30.3 Å². The average Bonchev–Trinajstić information content (AvgIpc) is 2.81. The zero-order chi connectivity index (χ0) is 14.1. The molecule has 0 unspecified atom stereocenters. The van der Waals surface area contributed by atoms with Gasteiger partial charge in [-0.1, -0.05) is 18.8 Å². The lowest BCUT2D eigenvalue weighted by molar-refractivity contribution is -0.122. The Labute approximate surface area is 118 Å². The molecule has 0 aliphatic carbocycles. The molecule has 1 amide bonds. The minimum absolute atomic E-state index is 0.0453. The summed E-state index contributed by atoms with van der Waals surface area (Å²) in [5.41, 5.74) is 0.930. The second-order valence-electron chi connectivity index (χ2n) is 4.24. The molecule has 1 rings (SSSR count). The van der Waals surface area contributed by atoms with Gasteiger partial charge >= 0.3 is 0 Å².